The third kappa shape index (κ3) is 4.87. The first-order chi connectivity index (χ1) is 9.04. The molecule has 104 valence electrons. The lowest BCUT2D eigenvalue weighted by Gasteiger charge is -2.25. The molecule has 1 N–H and O–H groups in total. The minimum atomic E-state index is -0.00121. The second-order valence-corrected chi connectivity index (χ2v) is 8.12. The summed E-state index contributed by atoms with van der Waals surface area (Å²) >= 11 is 10.5. The van der Waals surface area contributed by atoms with Crippen LogP contribution in [-0.4, -0.2) is 17.3 Å². The zero-order chi connectivity index (χ0) is 13.8. The van der Waals surface area contributed by atoms with Gasteiger partial charge in [0.2, 0.25) is 0 Å². The molecule has 1 aliphatic rings. The van der Waals surface area contributed by atoms with E-state index in [1.807, 2.05) is 18.2 Å². The van der Waals surface area contributed by atoms with Crippen molar-refractivity contribution in [3.05, 3.63) is 32.7 Å². The molecule has 2 nitrogen and oxygen atoms in total. The topological polar surface area (TPSA) is 29.1 Å². The lowest BCUT2D eigenvalue weighted by Crippen LogP contribution is -2.31. The van der Waals surface area contributed by atoms with Gasteiger partial charge in [-0.3, -0.25) is 4.79 Å². The Morgan fingerprint density at radius 3 is 2.53 bits per heavy atom. The number of benzene rings is 1. The summed E-state index contributed by atoms with van der Waals surface area (Å²) in [4.78, 5) is 12.7. The molecule has 0 heterocycles. The highest BCUT2D eigenvalue weighted by atomic mass is 79.9. The predicted molar refractivity (Wildman–Crippen MR) is 88.8 cm³/mol. The smallest absolute Gasteiger partial charge is 0.251 e. The second-order valence-electron chi connectivity index (χ2n) is 5.00. The number of hydrogen-bond donors (Lipinski definition) is 1. The Morgan fingerprint density at radius 2 is 1.89 bits per heavy atom. The van der Waals surface area contributed by atoms with Gasteiger partial charge in [0, 0.05) is 25.9 Å². The van der Waals surface area contributed by atoms with Crippen LogP contribution in [0.4, 0.5) is 0 Å². The first-order valence-corrected chi connectivity index (χ1v) is 8.93. The van der Waals surface area contributed by atoms with Gasteiger partial charge in [-0.2, -0.15) is 0 Å². The number of alkyl halides is 1. The van der Waals surface area contributed by atoms with E-state index in [2.05, 4.69) is 53.1 Å². The Balaban J connectivity index is 1.90. The van der Waals surface area contributed by atoms with Crippen molar-refractivity contribution in [3.8, 4) is 0 Å². The largest absolute Gasteiger partial charge is 0.352 e. The molecular formula is C14H16Br3NO. The van der Waals surface area contributed by atoms with Crippen LogP contribution in [0.5, 0.6) is 0 Å². The van der Waals surface area contributed by atoms with Gasteiger partial charge in [0.05, 0.1) is 0 Å². The zero-order valence-electron chi connectivity index (χ0n) is 10.5. The van der Waals surface area contributed by atoms with E-state index in [0.29, 0.717) is 16.3 Å². The summed E-state index contributed by atoms with van der Waals surface area (Å²) < 4.78 is 1.82. The minimum absolute atomic E-state index is 0.00121. The molecular weight excluding hydrogens is 438 g/mol. The van der Waals surface area contributed by atoms with Crippen LogP contribution in [0, 0.1) is 5.92 Å². The van der Waals surface area contributed by atoms with Gasteiger partial charge in [-0.15, -0.1) is 0 Å². The molecule has 1 aromatic carbocycles. The molecule has 5 heteroatoms. The number of carbonyl (C=O) groups is 1. The normalized spacial score (nSPS) is 23.1. The number of rotatable bonds is 3. The minimum Gasteiger partial charge on any atom is -0.352 e. The molecule has 1 amide bonds. The SMILES string of the molecule is O=C(NCC1CCCC(Br)C1)c1cc(Br)cc(Br)c1. The second kappa shape index (κ2) is 7.23. The van der Waals surface area contributed by atoms with Gasteiger partial charge < -0.3 is 5.32 Å². The quantitative estimate of drug-likeness (QED) is 0.648. The van der Waals surface area contributed by atoms with E-state index < -0.39 is 0 Å². The van der Waals surface area contributed by atoms with Crippen molar-refractivity contribution < 1.29 is 4.79 Å². The monoisotopic (exact) mass is 451 g/mol. The Kier molecular flexibility index (Phi) is 5.90. The van der Waals surface area contributed by atoms with E-state index in [9.17, 15) is 4.79 Å². The number of hydrogen-bond acceptors (Lipinski definition) is 1. The number of halogens is 3. The summed E-state index contributed by atoms with van der Waals surface area (Å²) in [7, 11) is 0. The van der Waals surface area contributed by atoms with Crippen molar-refractivity contribution in [1.29, 1.82) is 0 Å². The van der Waals surface area contributed by atoms with Crippen LogP contribution in [0.1, 0.15) is 36.0 Å². The first kappa shape index (κ1) is 15.5. The van der Waals surface area contributed by atoms with Gasteiger partial charge in [-0.05, 0) is 43.4 Å². The van der Waals surface area contributed by atoms with Crippen LogP contribution >= 0.6 is 47.8 Å². The third-order valence-electron chi connectivity index (χ3n) is 3.39. The summed E-state index contributed by atoms with van der Waals surface area (Å²) in [6.45, 7) is 0.769. The van der Waals surface area contributed by atoms with Crippen molar-refractivity contribution in [3.63, 3.8) is 0 Å². The van der Waals surface area contributed by atoms with Crippen LogP contribution in [0.2, 0.25) is 0 Å². The van der Waals surface area contributed by atoms with E-state index >= 15 is 0 Å². The summed E-state index contributed by atoms with van der Waals surface area (Å²) in [6, 6.07) is 5.61. The molecule has 2 rings (SSSR count). The molecule has 1 aromatic rings. The molecule has 2 unspecified atom stereocenters. The van der Waals surface area contributed by atoms with Crippen molar-refractivity contribution >= 4 is 53.7 Å². The van der Waals surface area contributed by atoms with Crippen molar-refractivity contribution in [1.82, 2.24) is 5.32 Å². The standard InChI is InChI=1S/C14H16Br3NO/c15-11-3-1-2-9(4-11)8-18-14(19)10-5-12(16)7-13(17)6-10/h5-7,9,11H,1-4,8H2,(H,18,19). The van der Waals surface area contributed by atoms with Crippen LogP contribution in [0.15, 0.2) is 27.1 Å². The van der Waals surface area contributed by atoms with E-state index in [1.54, 1.807) is 0 Å². The molecule has 1 aliphatic carbocycles. The molecule has 19 heavy (non-hydrogen) atoms. The van der Waals surface area contributed by atoms with Gasteiger partial charge in [-0.25, -0.2) is 0 Å². The summed E-state index contributed by atoms with van der Waals surface area (Å²) in [5, 5.41) is 3.04. The van der Waals surface area contributed by atoms with Gasteiger partial charge in [0.1, 0.15) is 0 Å². The van der Waals surface area contributed by atoms with E-state index in [1.165, 1.54) is 19.3 Å². The number of nitrogens with one attached hydrogen (secondary N) is 1. The number of carbonyl (C=O) groups excluding carboxylic acids is 1. The maximum absolute atomic E-state index is 12.1. The number of amides is 1. The summed E-state index contributed by atoms with van der Waals surface area (Å²) in [5.74, 6) is 0.594. The summed E-state index contributed by atoms with van der Waals surface area (Å²) in [5.41, 5.74) is 0.687. The van der Waals surface area contributed by atoms with E-state index in [4.69, 9.17) is 0 Å². The maximum Gasteiger partial charge on any atom is 0.251 e. The highest BCUT2D eigenvalue weighted by Crippen LogP contribution is 2.28. The van der Waals surface area contributed by atoms with Gasteiger partial charge in [-0.1, -0.05) is 54.2 Å². The van der Waals surface area contributed by atoms with Crippen LogP contribution in [0.25, 0.3) is 0 Å². The average Bonchev–Trinajstić information content (AvgIpc) is 2.35. The van der Waals surface area contributed by atoms with Crippen LogP contribution in [-0.2, 0) is 0 Å². The average molecular weight is 454 g/mol. The molecule has 2 atom stereocenters. The molecule has 0 radical (unpaired) electrons. The lowest BCUT2D eigenvalue weighted by molar-refractivity contribution is 0.0944. The Bertz CT molecular complexity index is 444. The van der Waals surface area contributed by atoms with Gasteiger partial charge in [0.25, 0.3) is 5.91 Å². The molecule has 0 bridgehead atoms. The van der Waals surface area contributed by atoms with Crippen molar-refractivity contribution in [2.24, 2.45) is 5.92 Å². The Hall–Kier alpha value is 0.130. The lowest BCUT2D eigenvalue weighted by atomic mass is 9.89. The molecule has 0 aliphatic heterocycles. The van der Waals surface area contributed by atoms with Crippen molar-refractivity contribution in [2.75, 3.05) is 6.54 Å². The van der Waals surface area contributed by atoms with E-state index in [-0.39, 0.29) is 5.91 Å². The first-order valence-electron chi connectivity index (χ1n) is 6.43. The predicted octanol–water partition coefficient (Wildman–Crippen LogP) is 4.90. The molecule has 1 fully saturated rings. The van der Waals surface area contributed by atoms with Crippen molar-refractivity contribution in [2.45, 2.75) is 30.5 Å². The van der Waals surface area contributed by atoms with Crippen LogP contribution in [0.3, 0.4) is 0 Å². The van der Waals surface area contributed by atoms with Gasteiger partial charge in [0.15, 0.2) is 0 Å². The fourth-order valence-electron chi connectivity index (χ4n) is 2.43. The maximum atomic E-state index is 12.1. The Labute approximate surface area is 139 Å². The van der Waals surface area contributed by atoms with E-state index in [0.717, 1.165) is 21.9 Å². The highest BCUT2D eigenvalue weighted by Gasteiger charge is 2.20. The fraction of sp³-hybridized carbons (Fsp3) is 0.500. The zero-order valence-corrected chi connectivity index (χ0v) is 15.2. The third-order valence-corrected chi connectivity index (χ3v) is 5.14. The Morgan fingerprint density at radius 1 is 1.21 bits per heavy atom. The fourth-order valence-corrected chi connectivity index (χ4v) is 4.58. The van der Waals surface area contributed by atoms with Crippen LogP contribution < -0.4 is 5.32 Å². The molecule has 0 spiro atoms. The molecule has 0 aromatic heterocycles. The van der Waals surface area contributed by atoms with Gasteiger partial charge >= 0.3 is 0 Å². The highest BCUT2D eigenvalue weighted by molar-refractivity contribution is 9.11. The molecule has 1 saturated carbocycles. The molecule has 0 saturated heterocycles. The summed E-state index contributed by atoms with van der Waals surface area (Å²) in [6.07, 6.45) is 4.87.